The zero-order chi connectivity index (χ0) is 19.3. The van der Waals surface area contributed by atoms with Crippen molar-refractivity contribution in [2.24, 2.45) is 0 Å². The minimum Gasteiger partial charge on any atom is -0.487 e. The van der Waals surface area contributed by atoms with Crippen LogP contribution in [0.25, 0.3) is 0 Å². The third-order valence-electron chi connectivity index (χ3n) is 3.66. The Bertz CT molecular complexity index is 1030. The number of ether oxygens (including phenoxy) is 1. The number of aromatic nitrogens is 1. The van der Waals surface area contributed by atoms with Gasteiger partial charge in [-0.1, -0.05) is 29.8 Å². The van der Waals surface area contributed by atoms with Gasteiger partial charge in [0.25, 0.3) is 0 Å². The Hall–Kier alpha value is -2.48. The van der Waals surface area contributed by atoms with Gasteiger partial charge < -0.3 is 4.74 Å². The lowest BCUT2D eigenvalue weighted by atomic mass is 10.2. The maximum Gasteiger partial charge on any atom is 0.242 e. The maximum atomic E-state index is 13.1. The summed E-state index contributed by atoms with van der Waals surface area (Å²) < 4.78 is 46.0. The molecular weight excluding hydrogens is 391 g/mol. The van der Waals surface area contributed by atoms with Crippen LogP contribution < -0.4 is 9.46 Å². The summed E-state index contributed by atoms with van der Waals surface area (Å²) in [5.74, 6) is -0.00567. The molecule has 5 nitrogen and oxygen atoms in total. The molecule has 0 aliphatic carbocycles. The van der Waals surface area contributed by atoms with Crippen LogP contribution in [-0.4, -0.2) is 13.4 Å². The van der Waals surface area contributed by atoms with E-state index in [4.69, 9.17) is 16.3 Å². The number of sulfonamides is 1. The van der Waals surface area contributed by atoms with Crippen LogP contribution in [0.3, 0.4) is 0 Å². The first kappa shape index (κ1) is 19.3. The van der Waals surface area contributed by atoms with Gasteiger partial charge in [-0.3, -0.25) is 4.98 Å². The van der Waals surface area contributed by atoms with Crippen LogP contribution in [0.4, 0.5) is 4.39 Å². The predicted octanol–water partition coefficient (Wildman–Crippen LogP) is 3.93. The molecule has 0 aliphatic heterocycles. The molecule has 1 N–H and O–H groups in total. The average molecular weight is 407 g/mol. The van der Waals surface area contributed by atoms with E-state index in [0.717, 1.165) is 23.9 Å². The molecule has 0 aliphatic rings. The second-order valence-electron chi connectivity index (χ2n) is 5.66. The van der Waals surface area contributed by atoms with Gasteiger partial charge in [-0.25, -0.2) is 17.5 Å². The van der Waals surface area contributed by atoms with E-state index in [1.807, 2.05) is 18.2 Å². The Labute approximate surface area is 161 Å². The summed E-state index contributed by atoms with van der Waals surface area (Å²) in [5, 5.41) is -0.171. The van der Waals surface area contributed by atoms with Crippen molar-refractivity contribution < 1.29 is 17.5 Å². The summed E-state index contributed by atoms with van der Waals surface area (Å²) in [7, 11) is -3.87. The van der Waals surface area contributed by atoms with Gasteiger partial charge in [0.05, 0.1) is 10.7 Å². The lowest BCUT2D eigenvalue weighted by Crippen LogP contribution is -2.23. The molecule has 1 heterocycles. The first-order valence-corrected chi connectivity index (χ1v) is 9.86. The molecule has 0 radical (unpaired) electrons. The standard InChI is InChI=1S/C19H16ClFN2O3S/c20-18-11-15(21)7-8-19(18)27(24,25)23-12-14-4-3-6-17(10-14)26-13-16-5-1-2-9-22-16/h1-11,23H,12-13H2. The number of nitrogens with zero attached hydrogens (tertiary/aromatic N) is 1. The van der Waals surface area contributed by atoms with E-state index < -0.39 is 15.8 Å². The fourth-order valence-electron chi connectivity index (χ4n) is 2.34. The molecular formula is C19H16ClFN2O3S. The molecule has 0 fully saturated rings. The Morgan fingerprint density at radius 1 is 1.07 bits per heavy atom. The normalized spacial score (nSPS) is 11.3. The summed E-state index contributed by atoms with van der Waals surface area (Å²) in [5.41, 5.74) is 1.49. The van der Waals surface area contributed by atoms with Crippen molar-refractivity contribution in [3.05, 3.63) is 89.0 Å². The number of halogens is 2. The number of nitrogens with one attached hydrogen (secondary N) is 1. The molecule has 3 aromatic rings. The van der Waals surface area contributed by atoms with Gasteiger partial charge in [0.2, 0.25) is 10.0 Å². The minimum absolute atomic E-state index is 0.0385. The van der Waals surface area contributed by atoms with Crippen LogP contribution in [0.1, 0.15) is 11.3 Å². The average Bonchev–Trinajstić information content (AvgIpc) is 2.66. The molecule has 8 heteroatoms. The molecule has 0 saturated heterocycles. The summed E-state index contributed by atoms with van der Waals surface area (Å²) in [6.07, 6.45) is 1.68. The Balaban J connectivity index is 1.65. The molecule has 27 heavy (non-hydrogen) atoms. The van der Waals surface area contributed by atoms with Gasteiger partial charge in [0.1, 0.15) is 23.1 Å². The van der Waals surface area contributed by atoms with Crippen LogP contribution in [0, 0.1) is 5.82 Å². The van der Waals surface area contributed by atoms with E-state index in [1.165, 1.54) is 0 Å². The first-order valence-electron chi connectivity index (χ1n) is 8.00. The van der Waals surface area contributed by atoms with Gasteiger partial charge >= 0.3 is 0 Å². The predicted molar refractivity (Wildman–Crippen MR) is 100 cm³/mol. The zero-order valence-electron chi connectivity index (χ0n) is 14.1. The van der Waals surface area contributed by atoms with Crippen LogP contribution in [-0.2, 0) is 23.2 Å². The zero-order valence-corrected chi connectivity index (χ0v) is 15.7. The van der Waals surface area contributed by atoms with Crippen molar-refractivity contribution in [2.75, 3.05) is 0 Å². The van der Waals surface area contributed by atoms with Crippen LogP contribution in [0.2, 0.25) is 5.02 Å². The second-order valence-corrected chi connectivity index (χ2v) is 7.80. The second kappa shape index (κ2) is 8.47. The molecule has 0 saturated carbocycles. The molecule has 0 amide bonds. The molecule has 3 rings (SSSR count). The molecule has 140 valence electrons. The van der Waals surface area contributed by atoms with Gasteiger partial charge in [-0.2, -0.15) is 0 Å². The van der Waals surface area contributed by atoms with E-state index in [-0.39, 0.29) is 16.5 Å². The number of hydrogen-bond acceptors (Lipinski definition) is 4. The highest BCUT2D eigenvalue weighted by molar-refractivity contribution is 7.89. The fraction of sp³-hybridized carbons (Fsp3) is 0.105. The van der Waals surface area contributed by atoms with Crippen molar-refractivity contribution in [1.82, 2.24) is 9.71 Å². The Morgan fingerprint density at radius 2 is 1.93 bits per heavy atom. The van der Waals surface area contributed by atoms with Gasteiger partial charge in [0, 0.05) is 12.7 Å². The summed E-state index contributed by atoms with van der Waals surface area (Å²) in [4.78, 5) is 4.00. The SMILES string of the molecule is O=S(=O)(NCc1cccc(OCc2ccccn2)c1)c1ccc(F)cc1Cl. The minimum atomic E-state index is -3.87. The van der Waals surface area contributed by atoms with Gasteiger partial charge in [-0.15, -0.1) is 0 Å². The summed E-state index contributed by atoms with van der Waals surface area (Å²) >= 11 is 5.84. The Kier molecular flexibility index (Phi) is 6.05. The van der Waals surface area contributed by atoms with E-state index >= 15 is 0 Å². The third-order valence-corrected chi connectivity index (χ3v) is 5.55. The van der Waals surface area contributed by atoms with E-state index in [9.17, 15) is 12.8 Å². The van der Waals surface area contributed by atoms with Crippen LogP contribution >= 0.6 is 11.6 Å². The number of pyridine rings is 1. The third kappa shape index (κ3) is 5.26. The number of hydrogen-bond donors (Lipinski definition) is 1. The number of benzene rings is 2. The first-order chi connectivity index (χ1) is 12.9. The largest absolute Gasteiger partial charge is 0.487 e. The summed E-state index contributed by atoms with van der Waals surface area (Å²) in [6.45, 7) is 0.345. The van der Waals surface area contributed by atoms with Crippen molar-refractivity contribution >= 4 is 21.6 Å². The highest BCUT2D eigenvalue weighted by Crippen LogP contribution is 2.22. The van der Waals surface area contributed by atoms with Crippen molar-refractivity contribution in [2.45, 2.75) is 18.0 Å². The number of rotatable bonds is 7. The van der Waals surface area contributed by atoms with E-state index in [0.29, 0.717) is 17.9 Å². The van der Waals surface area contributed by atoms with Crippen LogP contribution in [0.5, 0.6) is 5.75 Å². The lowest BCUT2D eigenvalue weighted by Gasteiger charge is -2.10. The molecule has 0 bridgehead atoms. The van der Waals surface area contributed by atoms with Crippen molar-refractivity contribution in [1.29, 1.82) is 0 Å². The topological polar surface area (TPSA) is 68.3 Å². The van der Waals surface area contributed by atoms with Crippen molar-refractivity contribution in [3.8, 4) is 5.75 Å². The van der Waals surface area contributed by atoms with Crippen LogP contribution in [0.15, 0.2) is 71.8 Å². The van der Waals surface area contributed by atoms with Gasteiger partial charge in [0.15, 0.2) is 0 Å². The monoisotopic (exact) mass is 406 g/mol. The smallest absolute Gasteiger partial charge is 0.242 e. The maximum absolute atomic E-state index is 13.1. The summed E-state index contributed by atoms with van der Waals surface area (Å²) in [6, 6.07) is 15.7. The molecule has 0 atom stereocenters. The quantitative estimate of drug-likeness (QED) is 0.645. The molecule has 1 aromatic heterocycles. The van der Waals surface area contributed by atoms with Crippen molar-refractivity contribution in [3.63, 3.8) is 0 Å². The van der Waals surface area contributed by atoms with Gasteiger partial charge in [-0.05, 0) is 48.0 Å². The molecule has 0 spiro atoms. The van der Waals surface area contributed by atoms with E-state index in [1.54, 1.807) is 30.5 Å². The fourth-order valence-corrected chi connectivity index (χ4v) is 3.88. The molecule has 0 unspecified atom stereocenters. The van der Waals surface area contributed by atoms with E-state index in [2.05, 4.69) is 9.71 Å². The lowest BCUT2D eigenvalue weighted by molar-refractivity contribution is 0.301. The highest BCUT2D eigenvalue weighted by atomic mass is 35.5. The highest BCUT2D eigenvalue weighted by Gasteiger charge is 2.18. The molecule has 2 aromatic carbocycles. The Morgan fingerprint density at radius 3 is 2.67 bits per heavy atom.